The fourth-order valence-electron chi connectivity index (χ4n) is 5.39. The molecule has 0 saturated carbocycles. The van der Waals surface area contributed by atoms with Crippen LogP contribution in [0.5, 0.6) is 0 Å². The number of rotatable bonds is 12. The Morgan fingerprint density at radius 3 is 0.760 bits per heavy atom. The summed E-state index contributed by atoms with van der Waals surface area (Å²) < 4.78 is 0. The summed E-state index contributed by atoms with van der Waals surface area (Å²) in [6.45, 7) is 0. The molecule has 0 aliphatic heterocycles. The van der Waals surface area contributed by atoms with Crippen LogP contribution >= 0.6 is 0 Å². The van der Waals surface area contributed by atoms with Crippen LogP contribution in [0.25, 0.3) is 48.6 Å². The van der Waals surface area contributed by atoms with Gasteiger partial charge in [-0.3, -0.25) is 19.9 Å². The third-order valence-electron chi connectivity index (χ3n) is 7.93. The van der Waals surface area contributed by atoms with Gasteiger partial charge in [0.2, 0.25) is 0 Å². The van der Waals surface area contributed by atoms with E-state index >= 15 is 0 Å². The quantitative estimate of drug-likeness (QED) is 0.139. The zero-order chi connectivity index (χ0) is 35.6. The summed E-state index contributed by atoms with van der Waals surface area (Å²) in [5.41, 5.74) is 10.9. The van der Waals surface area contributed by atoms with Gasteiger partial charge in [-0.2, -0.15) is 0 Å². The van der Waals surface area contributed by atoms with Gasteiger partial charge in [0.15, 0.2) is 0 Å². The van der Waals surface area contributed by atoms with E-state index in [1.54, 1.807) is 24.8 Å². The summed E-state index contributed by atoms with van der Waals surface area (Å²) in [6, 6.07) is 7.98. The number of nitrogens with zero attached hydrogens (tertiary/aromatic N) is 10. The smallest absolute Gasteiger partial charge is 0.0894 e. The lowest BCUT2D eigenvalue weighted by Gasteiger charge is -2.16. The Bertz CT molecular complexity index is 1750. The van der Waals surface area contributed by atoms with Crippen LogP contribution in [0.1, 0.15) is 45.0 Å². The van der Waals surface area contributed by atoms with E-state index in [2.05, 4.69) is 39.5 Å². The van der Waals surface area contributed by atoms with Gasteiger partial charge < -0.3 is 19.6 Å². The van der Waals surface area contributed by atoms with E-state index in [-0.39, 0.29) is 0 Å². The maximum atomic E-state index is 5.23. The topological polar surface area (TPSA) is 90.3 Å². The van der Waals surface area contributed by atoms with E-state index in [4.69, 9.17) is 9.97 Å². The maximum Gasteiger partial charge on any atom is 0.0894 e. The van der Waals surface area contributed by atoms with Crippen molar-refractivity contribution in [3.8, 4) is 0 Å². The van der Waals surface area contributed by atoms with Crippen molar-refractivity contribution in [2.75, 3.05) is 76.0 Å². The monoisotopic (exact) mass is 664 g/mol. The molecule has 50 heavy (non-hydrogen) atoms. The summed E-state index contributed by atoms with van der Waals surface area (Å²) in [6.07, 6.45) is 30.7. The molecule has 5 rings (SSSR count). The molecular formula is C40H44N10. The van der Waals surface area contributed by atoms with Gasteiger partial charge in [0.25, 0.3) is 0 Å². The van der Waals surface area contributed by atoms with Gasteiger partial charge in [0.1, 0.15) is 0 Å². The second kappa shape index (κ2) is 16.3. The summed E-state index contributed by atoms with van der Waals surface area (Å²) in [5.74, 6) is 0. The molecule has 0 bridgehead atoms. The van der Waals surface area contributed by atoms with Crippen LogP contribution in [0.3, 0.4) is 0 Å². The minimum Gasteiger partial charge on any atom is -0.377 e. The average molecular weight is 665 g/mol. The number of aromatic nitrogens is 6. The standard InChI is InChI=1S/C40H44N10/c1-47(2)37-17-21-41-25-29(37)9-13-33-34(14-10-30-26-42-22-18-38(30)48(3)4)46-36(16-12-32-28-44-24-20-40(32)50(7)8)35(45-33)15-11-31-27-43-23-19-39(31)49(5)6/h9-28H,1-8H3. The number of pyridine rings is 4. The minimum absolute atomic E-state index is 0.705. The fourth-order valence-corrected chi connectivity index (χ4v) is 5.39. The number of hydrogen-bond donors (Lipinski definition) is 0. The highest BCUT2D eigenvalue weighted by Crippen LogP contribution is 2.26. The summed E-state index contributed by atoms with van der Waals surface area (Å²) >= 11 is 0. The Balaban J connectivity index is 1.71. The minimum atomic E-state index is 0.705. The van der Waals surface area contributed by atoms with Crippen LogP contribution in [0.4, 0.5) is 22.7 Å². The van der Waals surface area contributed by atoms with Crippen molar-refractivity contribution in [1.82, 2.24) is 29.9 Å². The second-order valence-corrected chi connectivity index (χ2v) is 12.4. The Morgan fingerprint density at radius 1 is 0.340 bits per heavy atom. The molecule has 0 fully saturated rings. The van der Waals surface area contributed by atoms with Gasteiger partial charge >= 0.3 is 0 Å². The first-order valence-corrected chi connectivity index (χ1v) is 16.2. The van der Waals surface area contributed by atoms with Gasteiger partial charge in [0.05, 0.1) is 22.8 Å². The molecule has 0 aromatic carbocycles. The van der Waals surface area contributed by atoms with E-state index < -0.39 is 0 Å². The van der Waals surface area contributed by atoms with Gasteiger partial charge in [-0.25, -0.2) is 9.97 Å². The molecule has 5 aromatic heterocycles. The van der Waals surface area contributed by atoms with Crippen LogP contribution in [0.2, 0.25) is 0 Å². The van der Waals surface area contributed by atoms with Gasteiger partial charge in [-0.05, 0) is 72.9 Å². The van der Waals surface area contributed by atoms with Crippen LogP contribution in [-0.4, -0.2) is 86.3 Å². The predicted molar refractivity (Wildman–Crippen MR) is 212 cm³/mol. The van der Waals surface area contributed by atoms with E-state index in [0.717, 1.165) is 45.0 Å². The molecule has 0 unspecified atom stereocenters. The summed E-state index contributed by atoms with van der Waals surface area (Å²) in [7, 11) is 16.2. The van der Waals surface area contributed by atoms with Gasteiger partial charge in [0, 0.05) is 151 Å². The van der Waals surface area contributed by atoms with Crippen molar-refractivity contribution in [1.29, 1.82) is 0 Å². The molecule has 0 saturated heterocycles. The molecule has 5 aromatic rings. The van der Waals surface area contributed by atoms with Crippen LogP contribution in [-0.2, 0) is 0 Å². The Labute approximate surface area is 295 Å². The van der Waals surface area contributed by atoms with Crippen molar-refractivity contribution in [2.45, 2.75) is 0 Å². The molecule has 0 radical (unpaired) electrons. The van der Waals surface area contributed by atoms with Crippen LogP contribution < -0.4 is 19.6 Å². The molecule has 254 valence electrons. The predicted octanol–water partition coefficient (Wildman–Crippen LogP) is 7.00. The second-order valence-electron chi connectivity index (χ2n) is 12.4. The van der Waals surface area contributed by atoms with Crippen LogP contribution in [0, 0.1) is 0 Å². The molecular weight excluding hydrogens is 621 g/mol. The maximum absolute atomic E-state index is 5.23. The molecule has 0 aliphatic rings. The SMILES string of the molecule is CN(C)c1ccncc1C=Cc1nc(C=Cc2cnccc2N(C)C)c(C=Cc2cnccc2N(C)C)nc1C=Cc1cnccc1N(C)C. The largest absolute Gasteiger partial charge is 0.377 e. The molecule has 0 aliphatic carbocycles. The highest BCUT2D eigenvalue weighted by Gasteiger charge is 2.11. The Morgan fingerprint density at radius 2 is 0.560 bits per heavy atom. The van der Waals surface area contributed by atoms with Crippen molar-refractivity contribution in [2.24, 2.45) is 0 Å². The fraction of sp³-hybridized carbons (Fsp3) is 0.200. The zero-order valence-corrected chi connectivity index (χ0v) is 30.0. The van der Waals surface area contributed by atoms with Crippen molar-refractivity contribution in [3.05, 3.63) is 119 Å². The molecule has 5 heterocycles. The Hall–Kier alpha value is -6.16. The van der Waals surface area contributed by atoms with Crippen molar-refractivity contribution < 1.29 is 0 Å². The lowest BCUT2D eigenvalue weighted by Crippen LogP contribution is -2.10. The van der Waals surface area contributed by atoms with Crippen molar-refractivity contribution in [3.63, 3.8) is 0 Å². The van der Waals surface area contributed by atoms with Crippen LogP contribution in [0.15, 0.2) is 73.8 Å². The summed E-state index contributed by atoms with van der Waals surface area (Å²) in [4.78, 5) is 36.2. The Kier molecular flexibility index (Phi) is 11.5. The molecule has 0 amide bonds. The average Bonchev–Trinajstić information content (AvgIpc) is 3.12. The van der Waals surface area contributed by atoms with Gasteiger partial charge in [-0.15, -0.1) is 0 Å². The van der Waals surface area contributed by atoms with E-state index in [0.29, 0.717) is 22.8 Å². The molecule has 0 N–H and O–H groups in total. The molecule has 0 atom stereocenters. The third-order valence-corrected chi connectivity index (χ3v) is 7.93. The third kappa shape index (κ3) is 8.65. The first-order valence-electron chi connectivity index (χ1n) is 16.2. The first kappa shape index (κ1) is 35.2. The molecule has 10 nitrogen and oxygen atoms in total. The first-order chi connectivity index (χ1) is 24.1. The lowest BCUT2D eigenvalue weighted by atomic mass is 10.1. The van der Waals surface area contributed by atoms with Crippen molar-refractivity contribution >= 4 is 71.4 Å². The highest BCUT2D eigenvalue weighted by molar-refractivity contribution is 5.85. The number of hydrogen-bond acceptors (Lipinski definition) is 10. The molecule has 10 heteroatoms. The van der Waals surface area contributed by atoms with E-state index in [1.165, 1.54) is 0 Å². The molecule has 0 spiro atoms. The lowest BCUT2D eigenvalue weighted by molar-refractivity contribution is 1.11. The van der Waals surface area contributed by atoms with E-state index in [1.807, 2.05) is 154 Å². The zero-order valence-electron chi connectivity index (χ0n) is 30.0. The summed E-state index contributed by atoms with van der Waals surface area (Å²) in [5, 5.41) is 0. The van der Waals surface area contributed by atoms with Gasteiger partial charge in [-0.1, -0.05) is 0 Å². The van der Waals surface area contributed by atoms with E-state index in [9.17, 15) is 0 Å². The highest BCUT2D eigenvalue weighted by atomic mass is 15.1. The number of anilines is 4. The normalized spacial score (nSPS) is 11.7.